The molecule has 0 atom stereocenters. The topological polar surface area (TPSA) is 55.7 Å². The Morgan fingerprint density at radius 2 is 2.21 bits per heavy atom. The molecule has 2 heterocycles. The second-order valence-corrected chi connectivity index (χ2v) is 12.5. The lowest BCUT2D eigenvalue weighted by Gasteiger charge is -2.15. The minimum Gasteiger partial charge on any atom is -0.360 e. The van der Waals surface area contributed by atoms with E-state index in [1.165, 1.54) is 6.04 Å². The summed E-state index contributed by atoms with van der Waals surface area (Å²) in [5.41, 5.74) is 1.95. The summed E-state index contributed by atoms with van der Waals surface area (Å²) in [5.74, 6) is 0. The van der Waals surface area contributed by atoms with Crippen molar-refractivity contribution in [1.82, 2.24) is 20.0 Å². The molecule has 0 saturated heterocycles. The molecular weight excluding hydrogens is 371 g/mol. The Kier molecular flexibility index (Phi) is 4.80. The van der Waals surface area contributed by atoms with Gasteiger partial charge in [0, 0.05) is 32.6 Å². The predicted octanol–water partition coefficient (Wildman–Crippen LogP) is 3.19. The highest BCUT2D eigenvalue weighted by molar-refractivity contribution is 14.1. The molecule has 0 aliphatic rings. The first kappa shape index (κ1) is 14.7. The Morgan fingerprint density at radius 1 is 1.42 bits per heavy atom. The van der Waals surface area contributed by atoms with Crippen LogP contribution in [0.2, 0.25) is 25.7 Å². The second-order valence-electron chi connectivity index (χ2n) is 5.70. The molecule has 19 heavy (non-hydrogen) atoms. The first-order valence-electron chi connectivity index (χ1n) is 6.25. The number of aromatic nitrogens is 4. The van der Waals surface area contributed by atoms with Gasteiger partial charge in [0.05, 0.1) is 9.77 Å². The van der Waals surface area contributed by atoms with Crippen LogP contribution >= 0.6 is 22.6 Å². The molecule has 0 spiro atoms. The zero-order valence-electron chi connectivity index (χ0n) is 11.5. The third kappa shape index (κ3) is 4.43. The van der Waals surface area contributed by atoms with Crippen molar-refractivity contribution in [2.75, 3.05) is 6.61 Å². The van der Waals surface area contributed by atoms with Crippen LogP contribution in [-0.4, -0.2) is 34.7 Å². The fourth-order valence-corrected chi connectivity index (χ4v) is 3.07. The fourth-order valence-electron chi connectivity index (χ4n) is 1.58. The van der Waals surface area contributed by atoms with Crippen LogP contribution < -0.4 is 0 Å². The van der Waals surface area contributed by atoms with E-state index >= 15 is 0 Å². The van der Waals surface area contributed by atoms with E-state index in [0.717, 1.165) is 21.4 Å². The lowest BCUT2D eigenvalue weighted by molar-refractivity contribution is 0.0787. The SMILES string of the molecule is C[Si](C)(C)CCOCn1cc(I)c(-c2cn[nH]c2)n1. The molecule has 0 amide bonds. The number of nitrogens with zero attached hydrogens (tertiary/aromatic N) is 3. The lowest BCUT2D eigenvalue weighted by Crippen LogP contribution is -2.22. The molecule has 5 nitrogen and oxygen atoms in total. The van der Waals surface area contributed by atoms with E-state index in [1.807, 2.05) is 17.1 Å². The van der Waals surface area contributed by atoms with E-state index in [1.54, 1.807) is 6.20 Å². The summed E-state index contributed by atoms with van der Waals surface area (Å²) in [7, 11) is -1.01. The van der Waals surface area contributed by atoms with Crippen LogP contribution in [0.3, 0.4) is 0 Å². The minimum atomic E-state index is -1.01. The smallest absolute Gasteiger partial charge is 0.139 e. The van der Waals surface area contributed by atoms with E-state index in [-0.39, 0.29) is 0 Å². The van der Waals surface area contributed by atoms with Crippen molar-refractivity contribution in [2.24, 2.45) is 0 Å². The molecule has 0 fully saturated rings. The van der Waals surface area contributed by atoms with Gasteiger partial charge < -0.3 is 4.74 Å². The van der Waals surface area contributed by atoms with E-state index in [4.69, 9.17) is 4.74 Å². The van der Waals surface area contributed by atoms with Gasteiger partial charge in [0.15, 0.2) is 0 Å². The number of H-pyrrole nitrogens is 1. The zero-order valence-corrected chi connectivity index (χ0v) is 14.6. The van der Waals surface area contributed by atoms with Crippen LogP contribution in [0.1, 0.15) is 0 Å². The van der Waals surface area contributed by atoms with E-state index in [0.29, 0.717) is 6.73 Å². The molecule has 1 N–H and O–H groups in total. The lowest BCUT2D eigenvalue weighted by atomic mass is 10.3. The van der Waals surface area contributed by atoms with Crippen molar-refractivity contribution >= 4 is 30.7 Å². The highest BCUT2D eigenvalue weighted by atomic mass is 127. The number of halogens is 1. The molecular formula is C12H19IN4OSi. The van der Waals surface area contributed by atoms with Gasteiger partial charge in [-0.25, -0.2) is 4.68 Å². The van der Waals surface area contributed by atoms with Crippen LogP contribution in [0.25, 0.3) is 11.3 Å². The summed E-state index contributed by atoms with van der Waals surface area (Å²) in [6.07, 6.45) is 5.62. The Hall–Kier alpha value is -0.673. The molecule has 0 aliphatic carbocycles. The minimum absolute atomic E-state index is 0.512. The van der Waals surface area contributed by atoms with Crippen LogP contribution in [0.15, 0.2) is 18.6 Å². The van der Waals surface area contributed by atoms with Crippen molar-refractivity contribution in [3.63, 3.8) is 0 Å². The summed E-state index contributed by atoms with van der Waals surface area (Å²) in [6, 6.07) is 1.18. The third-order valence-corrected chi connectivity index (χ3v) is 5.20. The summed E-state index contributed by atoms with van der Waals surface area (Å²) in [5, 5.41) is 11.3. The standard InChI is InChI=1S/C12H19IN4OSi/c1-19(2,3)5-4-18-9-17-8-11(13)12(16-17)10-6-14-15-7-10/h6-8H,4-5,9H2,1-3H3,(H,14,15). The van der Waals surface area contributed by atoms with Gasteiger partial charge in [-0.2, -0.15) is 10.2 Å². The Balaban J connectivity index is 1.90. The molecule has 0 aliphatic heterocycles. The molecule has 0 aromatic carbocycles. The van der Waals surface area contributed by atoms with E-state index in [2.05, 4.69) is 57.5 Å². The number of rotatable bonds is 6. The predicted molar refractivity (Wildman–Crippen MR) is 86.6 cm³/mol. The molecule has 2 aromatic rings. The maximum atomic E-state index is 5.69. The molecule has 2 aromatic heterocycles. The second kappa shape index (κ2) is 6.19. The number of ether oxygens (including phenoxy) is 1. The van der Waals surface area contributed by atoms with Crippen molar-refractivity contribution < 1.29 is 4.74 Å². The van der Waals surface area contributed by atoms with Crippen molar-refractivity contribution in [3.05, 3.63) is 22.2 Å². The normalized spacial score (nSPS) is 12.0. The first-order valence-corrected chi connectivity index (χ1v) is 11.0. The maximum Gasteiger partial charge on any atom is 0.139 e. The quantitative estimate of drug-likeness (QED) is 0.468. The highest BCUT2D eigenvalue weighted by Crippen LogP contribution is 2.22. The Bertz CT molecular complexity index is 518. The van der Waals surface area contributed by atoms with Crippen LogP contribution in [0, 0.1) is 3.57 Å². The van der Waals surface area contributed by atoms with E-state index in [9.17, 15) is 0 Å². The van der Waals surface area contributed by atoms with Crippen molar-refractivity contribution in [3.8, 4) is 11.3 Å². The van der Waals surface area contributed by atoms with Gasteiger partial charge in [0.2, 0.25) is 0 Å². The van der Waals surface area contributed by atoms with Gasteiger partial charge in [0.1, 0.15) is 12.4 Å². The Labute approximate surface area is 127 Å². The van der Waals surface area contributed by atoms with Crippen LogP contribution in [0.5, 0.6) is 0 Å². The molecule has 104 valence electrons. The summed E-state index contributed by atoms with van der Waals surface area (Å²) >= 11 is 2.28. The van der Waals surface area contributed by atoms with Gasteiger partial charge in [-0.05, 0) is 28.6 Å². The van der Waals surface area contributed by atoms with Gasteiger partial charge in [0.25, 0.3) is 0 Å². The van der Waals surface area contributed by atoms with Crippen molar-refractivity contribution in [2.45, 2.75) is 32.4 Å². The molecule has 0 saturated carbocycles. The third-order valence-electron chi connectivity index (χ3n) is 2.71. The van der Waals surface area contributed by atoms with Gasteiger partial charge in [-0.3, -0.25) is 5.10 Å². The maximum absolute atomic E-state index is 5.69. The monoisotopic (exact) mass is 390 g/mol. The number of aromatic amines is 1. The van der Waals surface area contributed by atoms with Crippen molar-refractivity contribution in [1.29, 1.82) is 0 Å². The number of nitrogens with one attached hydrogen (secondary N) is 1. The average Bonchev–Trinajstić information content (AvgIpc) is 2.92. The Morgan fingerprint density at radius 3 is 2.84 bits per heavy atom. The summed E-state index contributed by atoms with van der Waals surface area (Å²) in [4.78, 5) is 0. The highest BCUT2D eigenvalue weighted by Gasteiger charge is 2.13. The van der Waals surface area contributed by atoms with Gasteiger partial charge in [-0.15, -0.1) is 0 Å². The number of hydrogen-bond acceptors (Lipinski definition) is 3. The molecule has 7 heteroatoms. The summed E-state index contributed by atoms with van der Waals surface area (Å²) < 4.78 is 8.64. The van der Waals surface area contributed by atoms with E-state index < -0.39 is 8.07 Å². The largest absolute Gasteiger partial charge is 0.360 e. The molecule has 2 rings (SSSR count). The summed E-state index contributed by atoms with van der Waals surface area (Å²) in [6.45, 7) is 8.38. The first-order chi connectivity index (χ1) is 8.96. The number of hydrogen-bond donors (Lipinski definition) is 1. The van der Waals surface area contributed by atoms with Gasteiger partial charge >= 0.3 is 0 Å². The average molecular weight is 390 g/mol. The van der Waals surface area contributed by atoms with Crippen LogP contribution in [0.4, 0.5) is 0 Å². The fraction of sp³-hybridized carbons (Fsp3) is 0.500. The van der Waals surface area contributed by atoms with Gasteiger partial charge in [-0.1, -0.05) is 19.6 Å². The molecule has 0 unspecified atom stereocenters. The zero-order chi connectivity index (χ0) is 13.9. The molecule has 0 radical (unpaired) electrons. The van der Waals surface area contributed by atoms with Crippen LogP contribution in [-0.2, 0) is 11.5 Å². The molecule has 0 bridgehead atoms.